The van der Waals surface area contributed by atoms with E-state index in [4.69, 9.17) is 9.72 Å². The number of halogens is 2. The molecule has 2 fully saturated rings. The minimum atomic E-state index is -3.37. The van der Waals surface area contributed by atoms with Crippen molar-refractivity contribution in [2.45, 2.75) is 19.0 Å². The van der Waals surface area contributed by atoms with Gasteiger partial charge in [0.25, 0.3) is 6.43 Å². The number of nitrogens with zero attached hydrogens (tertiary/aromatic N) is 8. The summed E-state index contributed by atoms with van der Waals surface area (Å²) in [5.41, 5.74) is 2.80. The Labute approximate surface area is 223 Å². The number of hydrogen-bond acceptors (Lipinski definition) is 9. The Balaban J connectivity index is 1.45. The molecular formula is C24H29F2N9O3S. The van der Waals surface area contributed by atoms with E-state index in [1.807, 2.05) is 9.80 Å². The highest BCUT2D eigenvalue weighted by molar-refractivity contribution is 7.88. The first-order valence-electron chi connectivity index (χ1n) is 12.8. The number of benzene rings is 1. The lowest BCUT2D eigenvalue weighted by atomic mass is 10.1. The first kappa shape index (κ1) is 26.0. The third kappa shape index (κ3) is 5.06. The molecule has 0 amide bonds. The molecule has 0 aliphatic carbocycles. The fourth-order valence-corrected chi connectivity index (χ4v) is 6.18. The summed E-state index contributed by atoms with van der Waals surface area (Å²) < 4.78 is 61.6. The number of ether oxygens (including phenoxy) is 1. The number of piperazine rings is 1. The Hall–Kier alpha value is -3.27. The second-order valence-corrected chi connectivity index (χ2v) is 11.7. The molecule has 0 bridgehead atoms. The van der Waals surface area contributed by atoms with Crippen LogP contribution in [0.4, 0.5) is 14.7 Å². The molecule has 0 saturated carbocycles. The van der Waals surface area contributed by atoms with E-state index in [-0.39, 0.29) is 25.3 Å². The average Bonchev–Trinajstić information content (AvgIpc) is 3.57. The van der Waals surface area contributed by atoms with Crippen LogP contribution in [0, 0.1) is 0 Å². The lowest BCUT2D eigenvalue weighted by molar-refractivity contribution is 0.0778. The molecule has 12 nitrogen and oxygen atoms in total. The van der Waals surface area contributed by atoms with Crippen LogP contribution in [-0.2, 0) is 21.2 Å². The highest BCUT2D eigenvalue weighted by Crippen LogP contribution is 2.33. The van der Waals surface area contributed by atoms with E-state index in [1.165, 1.54) is 10.6 Å². The molecule has 4 aromatic rings. The predicted octanol–water partition coefficient (Wildman–Crippen LogP) is 1.80. The maximum Gasteiger partial charge on any atom is 0.295 e. The van der Waals surface area contributed by atoms with Crippen molar-refractivity contribution >= 4 is 38.2 Å². The van der Waals surface area contributed by atoms with Crippen LogP contribution in [0.3, 0.4) is 0 Å². The van der Waals surface area contributed by atoms with Crippen molar-refractivity contribution in [1.82, 2.24) is 38.7 Å². The summed E-state index contributed by atoms with van der Waals surface area (Å²) in [6.07, 6.45) is -0.442. The number of H-pyrrole nitrogens is 1. The van der Waals surface area contributed by atoms with Crippen molar-refractivity contribution < 1.29 is 21.9 Å². The Bertz CT molecular complexity index is 1580. The van der Waals surface area contributed by atoms with Gasteiger partial charge < -0.3 is 19.2 Å². The summed E-state index contributed by atoms with van der Waals surface area (Å²) in [4.78, 5) is 25.3. The number of aromatic amines is 1. The van der Waals surface area contributed by atoms with Crippen LogP contribution in [0.5, 0.6) is 0 Å². The molecule has 0 spiro atoms. The van der Waals surface area contributed by atoms with Gasteiger partial charge in [-0.3, -0.25) is 4.90 Å². The van der Waals surface area contributed by atoms with Crippen LogP contribution in [0.1, 0.15) is 24.1 Å². The van der Waals surface area contributed by atoms with Gasteiger partial charge in [-0.25, -0.2) is 32.2 Å². The van der Waals surface area contributed by atoms with E-state index >= 15 is 0 Å². The van der Waals surface area contributed by atoms with Crippen LogP contribution in [0.15, 0.2) is 30.6 Å². The zero-order chi connectivity index (χ0) is 27.1. The molecule has 5 heterocycles. The van der Waals surface area contributed by atoms with Gasteiger partial charge in [-0.1, -0.05) is 12.1 Å². The Kier molecular flexibility index (Phi) is 6.91. The number of alkyl halides is 2. The molecule has 1 atom stereocenters. The van der Waals surface area contributed by atoms with Crippen molar-refractivity contribution in [2.75, 3.05) is 63.6 Å². The Morgan fingerprint density at radius 1 is 1.03 bits per heavy atom. The van der Waals surface area contributed by atoms with Gasteiger partial charge in [0.05, 0.1) is 48.7 Å². The quantitative estimate of drug-likeness (QED) is 0.360. The van der Waals surface area contributed by atoms with Crippen LogP contribution in [0.2, 0.25) is 0 Å². The second-order valence-electron chi connectivity index (χ2n) is 9.68. The zero-order valence-electron chi connectivity index (χ0n) is 21.4. The van der Waals surface area contributed by atoms with Crippen molar-refractivity contribution in [3.05, 3.63) is 42.1 Å². The standard InChI is InChI=1S/C24H29F2N9O3S/c1-39(36,37)34-8-6-32(7-9-34)19(35-18-5-3-2-4-16(18)29-23(35)21(25)26)14-17-20-22(28-15-27-20)31-24(30-17)33-10-12-38-13-11-33/h2-5,15,19,21H,6-14H2,1H3,(H,27,28,30,31). The highest BCUT2D eigenvalue weighted by atomic mass is 32.2. The third-order valence-electron chi connectivity index (χ3n) is 7.30. The molecule has 39 heavy (non-hydrogen) atoms. The fourth-order valence-electron chi connectivity index (χ4n) is 5.35. The summed E-state index contributed by atoms with van der Waals surface area (Å²) in [6.45, 7) is 3.62. The fraction of sp³-hybridized carbons (Fsp3) is 0.500. The molecule has 208 valence electrons. The monoisotopic (exact) mass is 561 g/mol. The molecule has 1 aromatic carbocycles. The number of hydrogen-bond donors (Lipinski definition) is 1. The maximum atomic E-state index is 14.4. The molecule has 6 rings (SSSR count). The normalized spacial score (nSPS) is 18.9. The molecule has 15 heteroatoms. The van der Waals surface area contributed by atoms with E-state index in [2.05, 4.69) is 19.9 Å². The Morgan fingerprint density at radius 3 is 2.49 bits per heavy atom. The highest BCUT2D eigenvalue weighted by Gasteiger charge is 2.34. The van der Waals surface area contributed by atoms with E-state index in [1.54, 1.807) is 35.2 Å². The number of imidazole rings is 2. The van der Waals surface area contributed by atoms with E-state index in [9.17, 15) is 17.2 Å². The van der Waals surface area contributed by atoms with Crippen LogP contribution < -0.4 is 4.90 Å². The molecular weight excluding hydrogens is 532 g/mol. The minimum absolute atomic E-state index is 0.248. The molecule has 2 aliphatic heterocycles. The number of morpholine rings is 1. The summed E-state index contributed by atoms with van der Waals surface area (Å²) in [7, 11) is -3.37. The van der Waals surface area contributed by atoms with Crippen molar-refractivity contribution in [1.29, 1.82) is 0 Å². The summed E-state index contributed by atoms with van der Waals surface area (Å²) in [5.74, 6) is 0.174. The first-order chi connectivity index (χ1) is 18.8. The topological polar surface area (TPSA) is 125 Å². The number of anilines is 1. The molecule has 2 aliphatic rings. The smallest absolute Gasteiger partial charge is 0.295 e. The van der Waals surface area contributed by atoms with Gasteiger partial charge in [0.1, 0.15) is 5.52 Å². The molecule has 0 radical (unpaired) electrons. The summed E-state index contributed by atoms with van der Waals surface area (Å²) >= 11 is 0. The van der Waals surface area contributed by atoms with Gasteiger partial charge in [0, 0.05) is 45.7 Å². The first-order valence-corrected chi connectivity index (χ1v) is 14.6. The lowest BCUT2D eigenvalue weighted by Gasteiger charge is -2.39. The zero-order valence-corrected chi connectivity index (χ0v) is 22.2. The Morgan fingerprint density at radius 2 is 1.77 bits per heavy atom. The van der Waals surface area contributed by atoms with Gasteiger partial charge in [0.15, 0.2) is 11.5 Å². The van der Waals surface area contributed by atoms with Gasteiger partial charge >= 0.3 is 0 Å². The van der Waals surface area contributed by atoms with E-state index in [0.717, 1.165) is 0 Å². The third-order valence-corrected chi connectivity index (χ3v) is 8.60. The van der Waals surface area contributed by atoms with Gasteiger partial charge in [-0.05, 0) is 12.1 Å². The second kappa shape index (κ2) is 10.4. The molecule has 2 saturated heterocycles. The molecule has 1 N–H and O–H groups in total. The largest absolute Gasteiger partial charge is 0.378 e. The number of aromatic nitrogens is 6. The number of fused-ring (bicyclic) bond motifs is 2. The molecule has 3 aromatic heterocycles. The van der Waals surface area contributed by atoms with Crippen molar-refractivity contribution in [2.24, 2.45) is 0 Å². The van der Waals surface area contributed by atoms with E-state index in [0.29, 0.717) is 73.2 Å². The number of para-hydroxylation sites is 2. The summed E-state index contributed by atoms with van der Waals surface area (Å²) in [6, 6.07) is 7.05. The number of rotatable bonds is 7. The maximum absolute atomic E-state index is 14.4. The van der Waals surface area contributed by atoms with Crippen LogP contribution >= 0.6 is 0 Å². The summed E-state index contributed by atoms with van der Waals surface area (Å²) in [5, 5.41) is 0. The SMILES string of the molecule is CS(=O)(=O)N1CCN(C(Cc2nc(N3CCOCC3)nc3nc[nH]c23)n2c(C(F)F)nc3ccccc32)CC1. The number of sulfonamides is 1. The van der Waals surface area contributed by atoms with Gasteiger partial charge in [-0.2, -0.15) is 9.29 Å². The average molecular weight is 562 g/mol. The van der Waals surface area contributed by atoms with E-state index < -0.39 is 22.6 Å². The van der Waals surface area contributed by atoms with Crippen molar-refractivity contribution in [3.63, 3.8) is 0 Å². The van der Waals surface area contributed by atoms with Crippen molar-refractivity contribution in [3.8, 4) is 0 Å². The number of nitrogens with one attached hydrogen (secondary N) is 1. The lowest BCUT2D eigenvalue weighted by Crippen LogP contribution is -2.51. The molecule has 1 unspecified atom stereocenters. The minimum Gasteiger partial charge on any atom is -0.378 e. The van der Waals surface area contributed by atoms with Gasteiger partial charge in [0.2, 0.25) is 16.0 Å². The predicted molar refractivity (Wildman–Crippen MR) is 140 cm³/mol. The van der Waals surface area contributed by atoms with Crippen LogP contribution in [0.25, 0.3) is 22.2 Å². The van der Waals surface area contributed by atoms with Crippen LogP contribution in [-0.4, -0.2) is 106 Å². The van der Waals surface area contributed by atoms with Gasteiger partial charge in [-0.15, -0.1) is 0 Å².